The minimum Gasteiger partial charge on any atom is -0.469 e. The van der Waals surface area contributed by atoms with Gasteiger partial charge >= 0.3 is 5.97 Å². The average molecular weight is 279 g/mol. The Morgan fingerprint density at radius 1 is 1.33 bits per heavy atom. The number of aliphatic hydroxyl groups is 1. The number of hydrogen-bond acceptors (Lipinski definition) is 5. The van der Waals surface area contributed by atoms with Crippen LogP contribution in [0.4, 0.5) is 0 Å². The zero-order valence-corrected chi connectivity index (χ0v) is 11.5. The summed E-state index contributed by atoms with van der Waals surface area (Å²) in [5, 5.41) is 9.41. The lowest BCUT2D eigenvalue weighted by Crippen LogP contribution is -2.53. The molecular formula is C11H21NO5S. The zero-order chi connectivity index (χ0) is 13.6. The second-order valence-electron chi connectivity index (χ2n) is 4.75. The van der Waals surface area contributed by atoms with Crippen molar-refractivity contribution in [2.45, 2.75) is 44.1 Å². The van der Waals surface area contributed by atoms with E-state index >= 15 is 0 Å². The Balaban J connectivity index is 2.59. The van der Waals surface area contributed by atoms with Crippen molar-refractivity contribution in [1.29, 1.82) is 0 Å². The van der Waals surface area contributed by atoms with E-state index in [1.165, 1.54) is 7.11 Å². The number of esters is 1. The summed E-state index contributed by atoms with van der Waals surface area (Å²) in [5.41, 5.74) is -0.743. The van der Waals surface area contributed by atoms with Crippen LogP contribution in [-0.4, -0.2) is 44.5 Å². The summed E-state index contributed by atoms with van der Waals surface area (Å²) in [4.78, 5) is 10.9. The third kappa shape index (κ3) is 4.55. The zero-order valence-electron chi connectivity index (χ0n) is 10.6. The standard InChI is InChI=1S/C11H21NO5S/c1-17-10(14)5-8-18(15,16)12-11(9-13)6-3-2-4-7-11/h12-13H,2-9H2,1H3. The number of carbonyl (C=O) groups is 1. The predicted molar refractivity (Wildman–Crippen MR) is 66.5 cm³/mol. The second-order valence-corrected chi connectivity index (χ2v) is 6.59. The molecule has 0 aliphatic heterocycles. The molecule has 0 heterocycles. The average Bonchev–Trinajstić information content (AvgIpc) is 2.36. The van der Waals surface area contributed by atoms with Gasteiger partial charge in [0.2, 0.25) is 10.0 Å². The SMILES string of the molecule is COC(=O)CCS(=O)(=O)NC1(CO)CCCCC1. The summed E-state index contributed by atoms with van der Waals surface area (Å²) in [5.74, 6) is -0.858. The van der Waals surface area contributed by atoms with Gasteiger partial charge in [-0.15, -0.1) is 0 Å². The molecule has 0 bridgehead atoms. The quantitative estimate of drug-likeness (QED) is 0.676. The topological polar surface area (TPSA) is 92.7 Å². The molecule has 7 heteroatoms. The van der Waals surface area contributed by atoms with Crippen LogP contribution in [0.25, 0.3) is 0 Å². The van der Waals surface area contributed by atoms with Gasteiger partial charge in [-0.2, -0.15) is 0 Å². The van der Waals surface area contributed by atoms with Crippen LogP contribution in [0.2, 0.25) is 0 Å². The van der Waals surface area contributed by atoms with Crippen LogP contribution in [0.15, 0.2) is 0 Å². The molecule has 1 rings (SSSR count). The Morgan fingerprint density at radius 2 is 1.94 bits per heavy atom. The molecule has 1 aliphatic carbocycles. The largest absolute Gasteiger partial charge is 0.469 e. The Labute approximate surface area is 108 Å². The number of methoxy groups -OCH3 is 1. The highest BCUT2D eigenvalue weighted by atomic mass is 32.2. The molecule has 0 unspecified atom stereocenters. The molecule has 0 aromatic heterocycles. The van der Waals surface area contributed by atoms with Crippen molar-refractivity contribution in [3.05, 3.63) is 0 Å². The van der Waals surface area contributed by atoms with Crippen molar-refractivity contribution in [2.24, 2.45) is 0 Å². The van der Waals surface area contributed by atoms with Crippen LogP contribution in [0.3, 0.4) is 0 Å². The number of aliphatic hydroxyl groups excluding tert-OH is 1. The number of ether oxygens (including phenoxy) is 1. The Morgan fingerprint density at radius 3 is 2.44 bits per heavy atom. The predicted octanol–water partition coefficient (Wildman–Crippen LogP) is 0.164. The molecule has 6 nitrogen and oxygen atoms in total. The monoisotopic (exact) mass is 279 g/mol. The summed E-state index contributed by atoms with van der Waals surface area (Å²) in [6.07, 6.45) is 3.97. The lowest BCUT2D eigenvalue weighted by atomic mass is 9.83. The van der Waals surface area contributed by atoms with Crippen molar-refractivity contribution in [3.8, 4) is 0 Å². The highest BCUT2D eigenvalue weighted by Crippen LogP contribution is 2.28. The molecular weight excluding hydrogens is 258 g/mol. The first-order chi connectivity index (χ1) is 8.43. The number of rotatable bonds is 6. The number of nitrogens with one attached hydrogen (secondary N) is 1. The van der Waals surface area contributed by atoms with Crippen LogP contribution in [-0.2, 0) is 19.6 Å². The first-order valence-electron chi connectivity index (χ1n) is 6.12. The van der Waals surface area contributed by atoms with Crippen molar-refractivity contribution in [3.63, 3.8) is 0 Å². The van der Waals surface area contributed by atoms with Crippen LogP contribution in [0.1, 0.15) is 38.5 Å². The van der Waals surface area contributed by atoms with E-state index in [0.29, 0.717) is 12.8 Å². The minimum atomic E-state index is -3.57. The van der Waals surface area contributed by atoms with Crippen LogP contribution >= 0.6 is 0 Å². The Kier molecular flexibility index (Phi) is 5.55. The van der Waals surface area contributed by atoms with Gasteiger partial charge in [0, 0.05) is 0 Å². The van der Waals surface area contributed by atoms with Crippen molar-refractivity contribution >= 4 is 16.0 Å². The molecule has 18 heavy (non-hydrogen) atoms. The minimum absolute atomic E-state index is 0.173. The van der Waals surface area contributed by atoms with E-state index in [0.717, 1.165) is 19.3 Å². The van der Waals surface area contributed by atoms with Gasteiger partial charge in [0.1, 0.15) is 0 Å². The van der Waals surface area contributed by atoms with Gasteiger partial charge in [-0.25, -0.2) is 13.1 Å². The van der Waals surface area contributed by atoms with Crippen molar-refractivity contribution in [2.75, 3.05) is 19.5 Å². The van der Waals surface area contributed by atoms with Crippen LogP contribution < -0.4 is 4.72 Å². The van der Waals surface area contributed by atoms with E-state index < -0.39 is 21.5 Å². The molecule has 0 radical (unpaired) electrons. The molecule has 0 aromatic rings. The molecule has 0 atom stereocenters. The first kappa shape index (κ1) is 15.4. The van der Waals surface area contributed by atoms with E-state index in [2.05, 4.69) is 9.46 Å². The van der Waals surface area contributed by atoms with E-state index in [9.17, 15) is 18.3 Å². The van der Waals surface area contributed by atoms with Gasteiger partial charge in [0.25, 0.3) is 0 Å². The van der Waals surface area contributed by atoms with Crippen molar-refractivity contribution < 1.29 is 23.1 Å². The Hall–Kier alpha value is -0.660. The number of hydrogen-bond donors (Lipinski definition) is 2. The number of carbonyl (C=O) groups excluding carboxylic acids is 1. The normalized spacial score (nSPS) is 19.4. The molecule has 0 amide bonds. The molecule has 1 aliphatic rings. The maximum atomic E-state index is 11.9. The fourth-order valence-corrected chi connectivity index (χ4v) is 3.69. The van der Waals surface area contributed by atoms with Gasteiger partial charge in [0.15, 0.2) is 0 Å². The smallest absolute Gasteiger partial charge is 0.306 e. The second kappa shape index (κ2) is 6.49. The fraction of sp³-hybridized carbons (Fsp3) is 0.909. The summed E-state index contributed by atoms with van der Waals surface area (Å²) >= 11 is 0. The van der Waals surface area contributed by atoms with Crippen LogP contribution in [0.5, 0.6) is 0 Å². The molecule has 106 valence electrons. The number of sulfonamides is 1. The van der Waals surface area contributed by atoms with Gasteiger partial charge in [-0.3, -0.25) is 4.79 Å². The van der Waals surface area contributed by atoms with E-state index in [-0.39, 0.29) is 18.8 Å². The molecule has 1 saturated carbocycles. The summed E-state index contributed by atoms with van der Waals surface area (Å²) in [7, 11) is -2.35. The lowest BCUT2D eigenvalue weighted by Gasteiger charge is -2.35. The van der Waals surface area contributed by atoms with Gasteiger partial charge in [0.05, 0.1) is 31.4 Å². The van der Waals surface area contributed by atoms with Gasteiger partial charge in [-0.05, 0) is 12.8 Å². The third-order valence-corrected chi connectivity index (χ3v) is 4.77. The molecule has 2 N–H and O–H groups in total. The molecule has 1 fully saturated rings. The van der Waals surface area contributed by atoms with E-state index in [1.54, 1.807) is 0 Å². The van der Waals surface area contributed by atoms with E-state index in [4.69, 9.17) is 0 Å². The van der Waals surface area contributed by atoms with Crippen molar-refractivity contribution in [1.82, 2.24) is 4.72 Å². The maximum Gasteiger partial charge on any atom is 0.306 e. The molecule has 0 spiro atoms. The third-order valence-electron chi connectivity index (χ3n) is 3.29. The lowest BCUT2D eigenvalue weighted by molar-refractivity contribution is -0.140. The van der Waals surface area contributed by atoms with Crippen LogP contribution in [0, 0.1) is 0 Å². The van der Waals surface area contributed by atoms with E-state index in [1.807, 2.05) is 0 Å². The molecule has 0 saturated heterocycles. The first-order valence-corrected chi connectivity index (χ1v) is 7.78. The van der Waals surface area contributed by atoms with Gasteiger partial charge < -0.3 is 9.84 Å². The highest BCUT2D eigenvalue weighted by Gasteiger charge is 2.35. The summed E-state index contributed by atoms with van der Waals surface area (Å²) < 4.78 is 30.7. The highest BCUT2D eigenvalue weighted by molar-refractivity contribution is 7.89. The van der Waals surface area contributed by atoms with Gasteiger partial charge in [-0.1, -0.05) is 19.3 Å². The molecule has 0 aromatic carbocycles. The summed E-state index contributed by atoms with van der Waals surface area (Å²) in [6, 6.07) is 0. The maximum absolute atomic E-state index is 11.9. The fourth-order valence-electron chi connectivity index (χ4n) is 2.22. The Bertz CT molecular complexity index is 373. The summed E-state index contributed by atoms with van der Waals surface area (Å²) in [6.45, 7) is -0.204.